The summed E-state index contributed by atoms with van der Waals surface area (Å²) < 4.78 is 11.2. The van der Waals surface area contributed by atoms with E-state index in [4.69, 9.17) is 9.15 Å². The molecule has 0 radical (unpaired) electrons. The van der Waals surface area contributed by atoms with Gasteiger partial charge in [0.25, 0.3) is 5.91 Å². The van der Waals surface area contributed by atoms with Crippen molar-refractivity contribution in [2.45, 2.75) is 20.8 Å². The van der Waals surface area contributed by atoms with Crippen LogP contribution >= 0.6 is 0 Å². The molecule has 3 rings (SSSR count). The van der Waals surface area contributed by atoms with E-state index in [0.29, 0.717) is 17.0 Å². The second kappa shape index (κ2) is 9.26. The SMILES string of the molecule is CCN(CC)c1ccc2cc(C(=O)NC(C)=O)c(=Nc3ccc(OC)cc3)oc2c1. The zero-order valence-electron chi connectivity index (χ0n) is 17.6. The largest absolute Gasteiger partial charge is 0.497 e. The van der Waals surface area contributed by atoms with Gasteiger partial charge in [-0.05, 0) is 56.3 Å². The van der Waals surface area contributed by atoms with Crippen LogP contribution in [0.25, 0.3) is 11.0 Å². The van der Waals surface area contributed by atoms with E-state index in [1.165, 1.54) is 6.92 Å². The van der Waals surface area contributed by atoms with Gasteiger partial charge in [0, 0.05) is 37.2 Å². The van der Waals surface area contributed by atoms with E-state index < -0.39 is 11.8 Å². The quantitative estimate of drug-likeness (QED) is 0.672. The number of hydrogen-bond acceptors (Lipinski definition) is 6. The van der Waals surface area contributed by atoms with Crippen LogP contribution in [-0.4, -0.2) is 32.0 Å². The second-order valence-corrected chi connectivity index (χ2v) is 6.68. The van der Waals surface area contributed by atoms with Gasteiger partial charge in [0.15, 0.2) is 0 Å². The van der Waals surface area contributed by atoms with Crippen molar-refractivity contribution in [1.82, 2.24) is 5.32 Å². The topological polar surface area (TPSA) is 84.1 Å². The van der Waals surface area contributed by atoms with Crippen molar-refractivity contribution in [3.8, 4) is 5.75 Å². The molecule has 2 aromatic carbocycles. The van der Waals surface area contributed by atoms with Crippen LogP contribution < -0.4 is 20.5 Å². The van der Waals surface area contributed by atoms with Crippen LogP contribution in [0, 0.1) is 0 Å². The van der Waals surface area contributed by atoms with Crippen LogP contribution in [0.3, 0.4) is 0 Å². The molecule has 7 nitrogen and oxygen atoms in total. The normalized spacial score (nSPS) is 11.4. The number of amides is 2. The summed E-state index contributed by atoms with van der Waals surface area (Å²) in [7, 11) is 1.59. The monoisotopic (exact) mass is 407 g/mol. The van der Waals surface area contributed by atoms with Crippen LogP contribution in [0.2, 0.25) is 0 Å². The third-order valence-corrected chi connectivity index (χ3v) is 4.70. The van der Waals surface area contributed by atoms with Crippen LogP contribution in [0.5, 0.6) is 5.75 Å². The number of hydrogen-bond donors (Lipinski definition) is 1. The van der Waals surface area contributed by atoms with Crippen LogP contribution in [-0.2, 0) is 4.79 Å². The zero-order valence-corrected chi connectivity index (χ0v) is 17.6. The lowest BCUT2D eigenvalue weighted by atomic mass is 10.1. The van der Waals surface area contributed by atoms with Gasteiger partial charge in [-0.25, -0.2) is 4.99 Å². The molecule has 7 heteroatoms. The number of imide groups is 1. The van der Waals surface area contributed by atoms with Gasteiger partial charge in [0.1, 0.15) is 16.9 Å². The predicted molar refractivity (Wildman–Crippen MR) is 116 cm³/mol. The molecule has 2 amide bonds. The molecule has 30 heavy (non-hydrogen) atoms. The summed E-state index contributed by atoms with van der Waals surface area (Å²) in [5.41, 5.74) is 2.53. The highest BCUT2D eigenvalue weighted by Gasteiger charge is 2.15. The predicted octanol–water partition coefficient (Wildman–Crippen LogP) is 3.80. The van der Waals surface area contributed by atoms with Crippen molar-refractivity contribution >= 4 is 34.2 Å². The number of nitrogens with one attached hydrogen (secondary N) is 1. The Morgan fingerprint density at radius 2 is 1.77 bits per heavy atom. The van der Waals surface area contributed by atoms with E-state index in [2.05, 4.69) is 29.1 Å². The van der Waals surface area contributed by atoms with Crippen LogP contribution in [0.1, 0.15) is 31.1 Å². The van der Waals surface area contributed by atoms with Crippen molar-refractivity contribution in [2.24, 2.45) is 4.99 Å². The third kappa shape index (κ3) is 4.68. The van der Waals surface area contributed by atoms with E-state index in [0.717, 1.165) is 24.2 Å². The molecule has 156 valence electrons. The number of nitrogens with zero attached hydrogens (tertiary/aromatic N) is 2. The van der Waals surface area contributed by atoms with Gasteiger partial charge in [-0.15, -0.1) is 0 Å². The Kier molecular flexibility index (Phi) is 6.51. The number of methoxy groups -OCH3 is 1. The van der Waals surface area contributed by atoms with Crippen molar-refractivity contribution < 1.29 is 18.7 Å². The van der Waals surface area contributed by atoms with Crippen molar-refractivity contribution in [1.29, 1.82) is 0 Å². The Bertz CT molecular complexity index is 1130. The molecule has 0 atom stereocenters. The van der Waals surface area contributed by atoms with Gasteiger partial charge in [0.2, 0.25) is 11.5 Å². The minimum atomic E-state index is -0.562. The average molecular weight is 407 g/mol. The molecule has 0 fully saturated rings. The first-order valence-electron chi connectivity index (χ1n) is 9.78. The van der Waals surface area contributed by atoms with Gasteiger partial charge in [-0.2, -0.15) is 0 Å². The Labute approximate surface area is 175 Å². The summed E-state index contributed by atoms with van der Waals surface area (Å²) in [6, 6.07) is 14.6. The van der Waals surface area contributed by atoms with Gasteiger partial charge < -0.3 is 14.1 Å². The molecule has 1 aromatic heterocycles. The maximum Gasteiger partial charge on any atom is 0.263 e. The number of anilines is 1. The lowest BCUT2D eigenvalue weighted by molar-refractivity contribution is -0.118. The number of carbonyl (C=O) groups is 2. The standard InChI is InChI=1S/C23H25N3O4/c1-5-26(6-2)18-10-7-16-13-20(22(28)24-15(3)27)23(30-21(16)14-18)25-17-8-11-19(29-4)12-9-17/h7-14H,5-6H2,1-4H3,(H,24,27,28). The third-order valence-electron chi connectivity index (χ3n) is 4.70. The number of ether oxygens (including phenoxy) is 1. The molecule has 1 heterocycles. The highest BCUT2D eigenvalue weighted by molar-refractivity contribution is 6.05. The molecule has 0 saturated carbocycles. The lowest BCUT2D eigenvalue weighted by Gasteiger charge is -2.21. The van der Waals surface area contributed by atoms with Crippen LogP contribution in [0.15, 0.2) is 57.9 Å². The first kappa shape index (κ1) is 21.1. The first-order valence-corrected chi connectivity index (χ1v) is 9.78. The molecule has 0 bridgehead atoms. The van der Waals surface area contributed by atoms with E-state index in [1.807, 2.05) is 18.2 Å². The summed E-state index contributed by atoms with van der Waals surface area (Å²) >= 11 is 0. The summed E-state index contributed by atoms with van der Waals surface area (Å²) in [5, 5.41) is 3.03. The molecule has 0 aliphatic rings. The molecule has 0 saturated heterocycles. The first-order chi connectivity index (χ1) is 14.4. The molecule has 0 aliphatic carbocycles. The number of fused-ring (bicyclic) bond motifs is 1. The Hall–Kier alpha value is -3.61. The average Bonchev–Trinajstić information content (AvgIpc) is 2.74. The Morgan fingerprint density at radius 1 is 1.07 bits per heavy atom. The molecule has 3 aromatic rings. The maximum absolute atomic E-state index is 12.6. The fraction of sp³-hybridized carbons (Fsp3) is 0.261. The number of carbonyl (C=O) groups excluding carboxylic acids is 2. The van der Waals surface area contributed by atoms with Crippen LogP contribution in [0.4, 0.5) is 11.4 Å². The Balaban J connectivity index is 2.19. The van der Waals surface area contributed by atoms with Gasteiger partial charge in [-0.1, -0.05) is 0 Å². The summed E-state index contributed by atoms with van der Waals surface area (Å²) in [4.78, 5) is 30.7. The molecule has 0 spiro atoms. The van der Waals surface area contributed by atoms with Crippen molar-refractivity contribution in [3.63, 3.8) is 0 Å². The van der Waals surface area contributed by atoms with Crippen molar-refractivity contribution in [2.75, 3.05) is 25.1 Å². The summed E-state index contributed by atoms with van der Waals surface area (Å²) in [6.07, 6.45) is 0. The highest BCUT2D eigenvalue weighted by Crippen LogP contribution is 2.23. The van der Waals surface area contributed by atoms with Gasteiger partial charge in [-0.3, -0.25) is 14.9 Å². The second-order valence-electron chi connectivity index (χ2n) is 6.68. The fourth-order valence-electron chi connectivity index (χ4n) is 3.14. The summed E-state index contributed by atoms with van der Waals surface area (Å²) in [5.74, 6) is -0.316. The van der Waals surface area contributed by atoms with E-state index in [-0.39, 0.29) is 11.1 Å². The number of benzene rings is 2. The summed E-state index contributed by atoms with van der Waals surface area (Å²) in [6.45, 7) is 7.19. The maximum atomic E-state index is 12.6. The lowest BCUT2D eigenvalue weighted by Crippen LogP contribution is -2.32. The fourth-order valence-corrected chi connectivity index (χ4v) is 3.14. The zero-order chi connectivity index (χ0) is 21.7. The minimum Gasteiger partial charge on any atom is -0.497 e. The smallest absolute Gasteiger partial charge is 0.263 e. The van der Waals surface area contributed by atoms with E-state index in [1.54, 1.807) is 37.4 Å². The molecular formula is C23H25N3O4. The number of rotatable bonds is 6. The van der Waals surface area contributed by atoms with Gasteiger partial charge in [0.05, 0.1) is 12.8 Å². The highest BCUT2D eigenvalue weighted by atomic mass is 16.5. The Morgan fingerprint density at radius 3 is 2.37 bits per heavy atom. The van der Waals surface area contributed by atoms with Crippen molar-refractivity contribution in [3.05, 3.63) is 59.6 Å². The minimum absolute atomic E-state index is 0.128. The van der Waals surface area contributed by atoms with E-state index in [9.17, 15) is 9.59 Å². The molecule has 0 unspecified atom stereocenters. The molecule has 0 aliphatic heterocycles. The molecule has 1 N–H and O–H groups in total. The van der Waals surface area contributed by atoms with E-state index >= 15 is 0 Å². The van der Waals surface area contributed by atoms with Gasteiger partial charge >= 0.3 is 0 Å². The molecular weight excluding hydrogens is 382 g/mol.